The SMILES string of the molecule is CC1C(=O)N(c2ccc(SC(F)(F)F)cc2)C(=O)N1Cc1ccnc2cc(N3CCCCC3)ccc12. The van der Waals surface area contributed by atoms with Gasteiger partial charge in [0.05, 0.1) is 11.2 Å². The first-order valence-corrected chi connectivity index (χ1v) is 12.7. The van der Waals surface area contributed by atoms with Crippen LogP contribution in [0.5, 0.6) is 0 Å². The van der Waals surface area contributed by atoms with Crippen LogP contribution in [-0.2, 0) is 11.3 Å². The highest BCUT2D eigenvalue weighted by atomic mass is 32.2. The van der Waals surface area contributed by atoms with Crippen LogP contribution in [0.2, 0.25) is 0 Å². The second-order valence-corrected chi connectivity index (χ2v) is 10.2. The Morgan fingerprint density at radius 3 is 2.36 bits per heavy atom. The molecule has 10 heteroatoms. The van der Waals surface area contributed by atoms with Crippen LogP contribution in [0.3, 0.4) is 0 Å². The second-order valence-electron chi connectivity index (χ2n) is 9.02. The molecule has 2 saturated heterocycles. The number of carbonyl (C=O) groups excluding carboxylic acids is 2. The average Bonchev–Trinajstić information content (AvgIpc) is 3.07. The van der Waals surface area contributed by atoms with Gasteiger partial charge in [-0.15, -0.1) is 0 Å². The number of hydrogen-bond acceptors (Lipinski definition) is 5. The lowest BCUT2D eigenvalue weighted by Crippen LogP contribution is -2.33. The van der Waals surface area contributed by atoms with Crippen molar-refractivity contribution in [3.8, 4) is 0 Å². The Hall–Kier alpha value is -3.27. The summed E-state index contributed by atoms with van der Waals surface area (Å²) in [7, 11) is 0. The maximum Gasteiger partial charge on any atom is 0.446 e. The molecule has 0 N–H and O–H groups in total. The van der Waals surface area contributed by atoms with E-state index < -0.39 is 23.5 Å². The molecule has 0 spiro atoms. The molecule has 0 saturated carbocycles. The van der Waals surface area contributed by atoms with E-state index in [-0.39, 0.29) is 28.9 Å². The molecule has 2 fully saturated rings. The van der Waals surface area contributed by atoms with Crippen LogP contribution >= 0.6 is 11.8 Å². The maximum absolute atomic E-state index is 13.3. The van der Waals surface area contributed by atoms with Crippen LogP contribution < -0.4 is 9.80 Å². The van der Waals surface area contributed by atoms with Crippen LogP contribution in [0.4, 0.5) is 29.3 Å². The molecule has 2 aromatic carbocycles. The first kappa shape index (κ1) is 24.4. The summed E-state index contributed by atoms with van der Waals surface area (Å²) in [5.74, 6) is -0.415. The largest absolute Gasteiger partial charge is 0.446 e. The fraction of sp³-hybridized carbons (Fsp3) is 0.346. The van der Waals surface area contributed by atoms with Gasteiger partial charge in [-0.2, -0.15) is 13.2 Å². The van der Waals surface area contributed by atoms with Crippen LogP contribution in [0.15, 0.2) is 59.6 Å². The molecule has 0 radical (unpaired) electrons. The van der Waals surface area contributed by atoms with Gasteiger partial charge in [0, 0.05) is 41.8 Å². The number of aromatic nitrogens is 1. The number of imide groups is 1. The Morgan fingerprint density at radius 1 is 0.972 bits per heavy atom. The Balaban J connectivity index is 1.37. The van der Waals surface area contributed by atoms with Crippen molar-refractivity contribution < 1.29 is 22.8 Å². The number of pyridine rings is 1. The highest BCUT2D eigenvalue weighted by Gasteiger charge is 2.43. The molecular weight excluding hydrogens is 489 g/mol. The number of rotatable bonds is 5. The number of benzene rings is 2. The van der Waals surface area contributed by atoms with E-state index in [1.807, 2.05) is 12.1 Å². The maximum atomic E-state index is 13.3. The molecule has 1 aromatic heterocycles. The number of urea groups is 1. The number of alkyl halides is 3. The summed E-state index contributed by atoms with van der Waals surface area (Å²) < 4.78 is 37.9. The van der Waals surface area contributed by atoms with E-state index >= 15 is 0 Å². The standard InChI is InChI=1S/C26H25F3N4O2S/c1-17-24(34)33(19-5-8-21(9-6-19)36-26(27,28)29)25(35)32(17)16-18-11-12-30-23-15-20(7-10-22(18)23)31-13-3-2-4-14-31/h5-12,15,17H,2-4,13-14,16H2,1H3. The van der Waals surface area contributed by atoms with Crippen molar-refractivity contribution in [3.63, 3.8) is 0 Å². The molecule has 5 rings (SSSR count). The first-order valence-electron chi connectivity index (χ1n) is 11.8. The zero-order valence-corrected chi connectivity index (χ0v) is 20.5. The molecule has 188 valence electrons. The van der Waals surface area contributed by atoms with Gasteiger partial charge in [-0.25, -0.2) is 9.69 Å². The molecular formula is C26H25F3N4O2S. The van der Waals surface area contributed by atoms with Crippen molar-refractivity contribution >= 4 is 46.0 Å². The van der Waals surface area contributed by atoms with Crippen LogP contribution in [0.25, 0.3) is 10.9 Å². The van der Waals surface area contributed by atoms with Gasteiger partial charge in [-0.05, 0) is 86.0 Å². The Bertz CT molecular complexity index is 1290. The van der Waals surface area contributed by atoms with Crippen molar-refractivity contribution in [2.45, 2.75) is 49.2 Å². The molecule has 36 heavy (non-hydrogen) atoms. The smallest absolute Gasteiger partial charge is 0.371 e. The summed E-state index contributed by atoms with van der Waals surface area (Å²) >= 11 is -0.240. The molecule has 3 amide bonds. The third-order valence-corrected chi connectivity index (χ3v) is 7.43. The normalized spacial score (nSPS) is 19.0. The molecule has 2 aliphatic rings. The number of hydrogen-bond donors (Lipinski definition) is 0. The van der Waals surface area contributed by atoms with E-state index in [1.54, 1.807) is 13.1 Å². The zero-order chi connectivity index (χ0) is 25.4. The summed E-state index contributed by atoms with van der Waals surface area (Å²) in [6.45, 7) is 3.93. The Kier molecular flexibility index (Phi) is 6.55. The summed E-state index contributed by atoms with van der Waals surface area (Å²) in [4.78, 5) is 35.6. The van der Waals surface area contributed by atoms with E-state index in [9.17, 15) is 22.8 Å². The topological polar surface area (TPSA) is 56.8 Å². The number of nitrogens with zero attached hydrogens (tertiary/aromatic N) is 4. The van der Waals surface area contributed by atoms with Gasteiger partial charge in [0.25, 0.3) is 5.91 Å². The molecule has 6 nitrogen and oxygen atoms in total. The van der Waals surface area contributed by atoms with E-state index in [0.717, 1.165) is 40.1 Å². The quantitative estimate of drug-likeness (QED) is 0.300. The van der Waals surface area contributed by atoms with Crippen molar-refractivity contribution in [1.82, 2.24) is 9.88 Å². The van der Waals surface area contributed by atoms with Gasteiger partial charge in [-0.1, -0.05) is 6.07 Å². The predicted octanol–water partition coefficient (Wildman–Crippen LogP) is 6.19. The predicted molar refractivity (Wildman–Crippen MR) is 134 cm³/mol. The van der Waals surface area contributed by atoms with Gasteiger partial charge in [0.1, 0.15) is 6.04 Å². The minimum atomic E-state index is -4.41. The lowest BCUT2D eigenvalue weighted by Gasteiger charge is -2.29. The van der Waals surface area contributed by atoms with Crippen molar-refractivity contribution in [2.75, 3.05) is 22.9 Å². The zero-order valence-electron chi connectivity index (χ0n) is 19.7. The van der Waals surface area contributed by atoms with E-state index in [1.165, 1.54) is 48.4 Å². The minimum absolute atomic E-state index is 0.0116. The van der Waals surface area contributed by atoms with E-state index in [2.05, 4.69) is 22.0 Å². The average molecular weight is 515 g/mol. The number of halogens is 3. The number of amides is 3. The van der Waals surface area contributed by atoms with Crippen LogP contribution in [0.1, 0.15) is 31.7 Å². The second kappa shape index (κ2) is 9.65. The fourth-order valence-corrected chi connectivity index (χ4v) is 5.35. The third-order valence-electron chi connectivity index (χ3n) is 6.69. The molecule has 1 unspecified atom stereocenters. The monoisotopic (exact) mass is 514 g/mol. The Morgan fingerprint density at radius 2 is 1.67 bits per heavy atom. The first-order chi connectivity index (χ1) is 17.2. The number of fused-ring (bicyclic) bond motifs is 1. The van der Waals surface area contributed by atoms with Crippen LogP contribution in [-0.4, -0.2) is 46.5 Å². The number of thioether (sulfide) groups is 1. The van der Waals surface area contributed by atoms with Crippen molar-refractivity contribution in [3.05, 3.63) is 60.3 Å². The molecule has 1 atom stereocenters. The van der Waals surface area contributed by atoms with Crippen LogP contribution in [0, 0.1) is 0 Å². The number of anilines is 2. The molecule has 3 heterocycles. The molecule has 3 aromatic rings. The van der Waals surface area contributed by atoms with Crippen molar-refractivity contribution in [2.24, 2.45) is 0 Å². The summed E-state index contributed by atoms with van der Waals surface area (Å²) in [5.41, 5.74) is -1.33. The molecule has 0 aliphatic carbocycles. The minimum Gasteiger partial charge on any atom is -0.371 e. The van der Waals surface area contributed by atoms with Gasteiger partial charge >= 0.3 is 11.5 Å². The van der Waals surface area contributed by atoms with Gasteiger partial charge in [-0.3, -0.25) is 9.78 Å². The lowest BCUT2D eigenvalue weighted by molar-refractivity contribution is -0.119. The number of piperidine rings is 1. The highest BCUT2D eigenvalue weighted by molar-refractivity contribution is 8.00. The highest BCUT2D eigenvalue weighted by Crippen LogP contribution is 2.38. The molecule has 2 aliphatic heterocycles. The third kappa shape index (κ3) is 4.86. The number of carbonyl (C=O) groups is 2. The summed E-state index contributed by atoms with van der Waals surface area (Å²) in [6, 6.07) is 12.0. The van der Waals surface area contributed by atoms with E-state index in [0.29, 0.717) is 0 Å². The fourth-order valence-electron chi connectivity index (χ4n) is 4.81. The lowest BCUT2D eigenvalue weighted by atomic mass is 10.1. The van der Waals surface area contributed by atoms with Gasteiger partial charge in [0.2, 0.25) is 0 Å². The van der Waals surface area contributed by atoms with Crippen molar-refractivity contribution in [1.29, 1.82) is 0 Å². The van der Waals surface area contributed by atoms with Gasteiger partial charge in [0.15, 0.2) is 0 Å². The summed E-state index contributed by atoms with van der Waals surface area (Å²) in [6.07, 6.45) is 5.31. The summed E-state index contributed by atoms with van der Waals surface area (Å²) in [5, 5.41) is 0.915. The Labute approximate surface area is 211 Å². The molecule has 0 bridgehead atoms. The van der Waals surface area contributed by atoms with E-state index in [4.69, 9.17) is 0 Å². The van der Waals surface area contributed by atoms with Gasteiger partial charge < -0.3 is 9.80 Å².